The molecule has 10 heteroatoms. The molecule has 3 atom stereocenters. The highest BCUT2D eigenvalue weighted by Crippen LogP contribution is 2.36. The van der Waals surface area contributed by atoms with Crippen LogP contribution in [0.1, 0.15) is 43.8 Å². The summed E-state index contributed by atoms with van der Waals surface area (Å²) in [5.41, 5.74) is -0.0771. The monoisotopic (exact) mass is 465 g/mol. The number of aromatic nitrogens is 2. The van der Waals surface area contributed by atoms with E-state index in [1.54, 1.807) is 51.9 Å². The first-order valence-corrected chi connectivity index (χ1v) is 12.2. The number of hydrogen-bond donors (Lipinski definition) is 2. The number of benzene rings is 1. The molecule has 1 aliphatic rings. The Morgan fingerprint density at radius 3 is 2.71 bits per heavy atom. The van der Waals surface area contributed by atoms with Crippen LogP contribution < -0.4 is 11.0 Å². The van der Waals surface area contributed by atoms with Crippen molar-refractivity contribution in [2.45, 2.75) is 50.4 Å². The maximum absolute atomic E-state index is 12.5. The lowest BCUT2D eigenvalue weighted by Crippen LogP contribution is -2.29. The fraction of sp³-hybridized carbons (Fsp3) is 0.476. The van der Waals surface area contributed by atoms with Crippen LogP contribution in [0.4, 0.5) is 5.82 Å². The Labute approximate surface area is 189 Å². The van der Waals surface area contributed by atoms with Crippen molar-refractivity contribution < 1.29 is 19.4 Å². The molecule has 2 heterocycles. The van der Waals surface area contributed by atoms with E-state index in [1.807, 2.05) is 6.07 Å². The molecule has 3 rings (SSSR count). The number of aliphatic hydroxyl groups excluding tert-OH is 1. The van der Waals surface area contributed by atoms with Crippen LogP contribution in [0, 0.1) is 0 Å². The lowest BCUT2D eigenvalue weighted by Gasteiger charge is -2.19. The van der Waals surface area contributed by atoms with Gasteiger partial charge in [0, 0.05) is 22.9 Å². The van der Waals surface area contributed by atoms with Crippen LogP contribution in [-0.4, -0.2) is 50.1 Å². The first-order valence-electron chi connectivity index (χ1n) is 9.91. The molecule has 1 saturated heterocycles. The Balaban J connectivity index is 1.60. The minimum absolute atomic E-state index is 0.121. The fourth-order valence-electron chi connectivity index (χ4n) is 3.01. The molecule has 0 unspecified atom stereocenters. The molecule has 0 bridgehead atoms. The van der Waals surface area contributed by atoms with Crippen LogP contribution in [-0.2, 0) is 9.47 Å². The molecule has 0 saturated carbocycles. The van der Waals surface area contributed by atoms with Crippen molar-refractivity contribution in [2.24, 2.45) is 0 Å². The summed E-state index contributed by atoms with van der Waals surface area (Å²) in [4.78, 5) is 28.7. The van der Waals surface area contributed by atoms with Crippen molar-refractivity contribution in [3.05, 3.63) is 58.6 Å². The van der Waals surface area contributed by atoms with Gasteiger partial charge in [0.1, 0.15) is 24.1 Å². The fourth-order valence-corrected chi connectivity index (χ4v) is 5.01. The summed E-state index contributed by atoms with van der Waals surface area (Å²) in [5, 5.41) is 12.3. The third-order valence-corrected chi connectivity index (χ3v) is 7.41. The van der Waals surface area contributed by atoms with Crippen molar-refractivity contribution in [1.82, 2.24) is 9.55 Å². The van der Waals surface area contributed by atoms with Gasteiger partial charge in [-0.25, -0.2) is 4.79 Å². The van der Waals surface area contributed by atoms with E-state index in [-0.39, 0.29) is 29.2 Å². The number of aliphatic hydroxyl groups is 1. The van der Waals surface area contributed by atoms with Crippen molar-refractivity contribution in [3.63, 3.8) is 0 Å². The van der Waals surface area contributed by atoms with Crippen LogP contribution in [0.3, 0.4) is 0 Å². The highest BCUT2D eigenvalue weighted by atomic mass is 33.1. The number of carbonyl (C=O) groups is 1. The molecule has 1 aliphatic heterocycles. The molecular weight excluding hydrogens is 438 g/mol. The van der Waals surface area contributed by atoms with Crippen LogP contribution in [0.2, 0.25) is 0 Å². The molecule has 1 aromatic carbocycles. The van der Waals surface area contributed by atoms with E-state index in [4.69, 9.17) is 9.47 Å². The van der Waals surface area contributed by atoms with Gasteiger partial charge in [-0.2, -0.15) is 4.98 Å². The summed E-state index contributed by atoms with van der Waals surface area (Å²) in [6.07, 6.45) is 0.508. The van der Waals surface area contributed by atoms with E-state index < -0.39 is 18.0 Å². The van der Waals surface area contributed by atoms with E-state index in [9.17, 15) is 14.7 Å². The van der Waals surface area contributed by atoms with Crippen LogP contribution in [0.5, 0.6) is 0 Å². The summed E-state index contributed by atoms with van der Waals surface area (Å²) in [6, 6.07) is 10.2. The molecule has 31 heavy (non-hydrogen) atoms. The second-order valence-corrected chi connectivity index (χ2v) is 11.1. The van der Waals surface area contributed by atoms with E-state index in [2.05, 4.69) is 31.1 Å². The predicted molar refractivity (Wildman–Crippen MR) is 123 cm³/mol. The molecule has 168 valence electrons. The lowest BCUT2D eigenvalue weighted by molar-refractivity contribution is -0.0553. The molecule has 1 fully saturated rings. The standard InChI is InChI=1S/C21H27N3O5S2/c1-21(2,3)31-30-13-28-15-11-18(29-16(15)12-25)24-10-9-17(23-20(24)27)22-19(26)14-7-5-4-6-8-14/h4-10,15-16,18,25H,11-13H2,1-3H3,(H,22,23,26,27)/t15-,16-,18-/m1/s1. The smallest absolute Gasteiger partial charge is 0.351 e. The SMILES string of the molecule is CC(C)(C)SSCO[C@@H]1C[C@H](n2ccc(NC(=O)c3ccccc3)nc2=O)O[C@@H]1CO. The Morgan fingerprint density at radius 2 is 2.06 bits per heavy atom. The zero-order valence-electron chi connectivity index (χ0n) is 17.7. The first kappa shape index (κ1) is 23.8. The maximum atomic E-state index is 12.5. The number of nitrogens with zero attached hydrogens (tertiary/aromatic N) is 2. The van der Waals surface area contributed by atoms with Crippen molar-refractivity contribution in [2.75, 3.05) is 17.9 Å². The van der Waals surface area contributed by atoms with E-state index >= 15 is 0 Å². The van der Waals surface area contributed by atoms with Crippen molar-refractivity contribution in [3.8, 4) is 0 Å². The molecular formula is C21H27N3O5S2. The molecule has 0 spiro atoms. The largest absolute Gasteiger partial charge is 0.394 e. The van der Waals surface area contributed by atoms with Gasteiger partial charge in [-0.3, -0.25) is 9.36 Å². The molecule has 2 aromatic rings. The lowest BCUT2D eigenvalue weighted by atomic mass is 10.2. The van der Waals surface area contributed by atoms with Gasteiger partial charge in [0.05, 0.1) is 12.7 Å². The van der Waals surface area contributed by atoms with E-state index in [1.165, 1.54) is 10.8 Å². The number of ether oxygens (including phenoxy) is 2. The van der Waals surface area contributed by atoms with Gasteiger partial charge in [0.25, 0.3) is 5.91 Å². The number of anilines is 1. The third kappa shape index (κ3) is 6.81. The van der Waals surface area contributed by atoms with E-state index in [0.29, 0.717) is 17.9 Å². The van der Waals surface area contributed by atoms with E-state index in [0.717, 1.165) is 0 Å². The summed E-state index contributed by atoms with van der Waals surface area (Å²) < 4.78 is 13.2. The molecule has 1 aromatic heterocycles. The Kier molecular flexibility index (Phi) is 8.17. The summed E-state index contributed by atoms with van der Waals surface area (Å²) in [6.45, 7) is 6.18. The topological polar surface area (TPSA) is 103 Å². The Bertz CT molecular complexity index is 933. The molecule has 8 nitrogen and oxygen atoms in total. The minimum Gasteiger partial charge on any atom is -0.394 e. The van der Waals surface area contributed by atoms with Gasteiger partial charge in [0.15, 0.2) is 0 Å². The van der Waals surface area contributed by atoms with Crippen LogP contribution in [0.25, 0.3) is 0 Å². The third-order valence-electron chi connectivity index (χ3n) is 4.42. The maximum Gasteiger partial charge on any atom is 0.351 e. The summed E-state index contributed by atoms with van der Waals surface area (Å²) >= 11 is 0. The number of hydrogen-bond acceptors (Lipinski definition) is 8. The van der Waals surface area contributed by atoms with Gasteiger partial charge in [0.2, 0.25) is 0 Å². The van der Waals surface area contributed by atoms with Crippen molar-refractivity contribution >= 4 is 33.3 Å². The number of rotatable bonds is 8. The number of nitrogens with one attached hydrogen (secondary N) is 1. The second kappa shape index (κ2) is 10.6. The van der Waals surface area contributed by atoms with Gasteiger partial charge in [-0.1, -0.05) is 60.6 Å². The van der Waals surface area contributed by atoms with Crippen LogP contribution in [0.15, 0.2) is 47.4 Å². The van der Waals surface area contributed by atoms with Gasteiger partial charge >= 0.3 is 5.69 Å². The predicted octanol–water partition coefficient (Wildman–Crippen LogP) is 3.30. The highest BCUT2D eigenvalue weighted by Gasteiger charge is 2.37. The van der Waals surface area contributed by atoms with Crippen molar-refractivity contribution in [1.29, 1.82) is 0 Å². The second-order valence-electron chi connectivity index (χ2n) is 8.01. The molecule has 0 aliphatic carbocycles. The average Bonchev–Trinajstić information content (AvgIpc) is 3.14. The number of carbonyl (C=O) groups excluding carboxylic acids is 1. The highest BCUT2D eigenvalue weighted by molar-refractivity contribution is 8.77. The normalized spacial score (nSPS) is 21.2. The average molecular weight is 466 g/mol. The summed E-state index contributed by atoms with van der Waals surface area (Å²) in [7, 11) is 3.32. The summed E-state index contributed by atoms with van der Waals surface area (Å²) in [5.74, 6) is 0.272. The Hall–Kier alpha value is -1.85. The molecule has 2 N–H and O–H groups in total. The quantitative estimate of drug-likeness (QED) is 0.348. The molecule has 0 radical (unpaired) electrons. The van der Waals surface area contributed by atoms with Gasteiger partial charge in [-0.15, -0.1) is 0 Å². The number of amides is 1. The van der Waals surface area contributed by atoms with Gasteiger partial charge in [-0.05, 0) is 18.2 Å². The minimum atomic E-state index is -0.596. The first-order chi connectivity index (χ1) is 14.8. The molecule has 1 amide bonds. The Morgan fingerprint density at radius 1 is 1.32 bits per heavy atom. The van der Waals surface area contributed by atoms with Gasteiger partial charge < -0.3 is 19.9 Å². The van der Waals surface area contributed by atoms with Crippen LogP contribution >= 0.6 is 21.6 Å². The zero-order chi connectivity index (χ0) is 22.4. The zero-order valence-corrected chi connectivity index (χ0v) is 19.3.